The molecule has 0 unspecified atom stereocenters. The van der Waals surface area contributed by atoms with E-state index in [9.17, 15) is 13.7 Å². The van der Waals surface area contributed by atoms with E-state index in [0.717, 1.165) is 48.9 Å². The molecule has 1 aliphatic carbocycles. The number of hydrogen-bond donors (Lipinski definition) is 1. The third-order valence-corrected chi connectivity index (χ3v) is 7.02. The van der Waals surface area contributed by atoms with Crippen molar-refractivity contribution in [2.75, 3.05) is 24.5 Å². The van der Waals surface area contributed by atoms with Gasteiger partial charge >= 0.3 is 0 Å². The fourth-order valence-corrected chi connectivity index (χ4v) is 4.97. The van der Waals surface area contributed by atoms with Crippen LogP contribution < -0.4 is 10.0 Å². The van der Waals surface area contributed by atoms with Crippen molar-refractivity contribution in [2.45, 2.75) is 39.2 Å². The smallest absolute Gasteiger partial charge is 0.277 e. The van der Waals surface area contributed by atoms with Crippen LogP contribution in [0, 0.1) is 31.1 Å². The van der Waals surface area contributed by atoms with Gasteiger partial charge < -0.3 is 4.90 Å². The van der Waals surface area contributed by atoms with Gasteiger partial charge in [0.2, 0.25) is 0 Å². The Kier molecular flexibility index (Phi) is 4.78. The number of benzene rings is 1. The van der Waals surface area contributed by atoms with E-state index in [-0.39, 0.29) is 6.04 Å². The molecule has 0 amide bonds. The molecule has 2 N–H and O–H groups in total. The minimum Gasteiger partial charge on any atom is -0.369 e. The highest BCUT2D eigenvalue weighted by atomic mass is 32.2. The average Bonchev–Trinajstić information content (AvgIpc) is 3.41. The molecule has 0 bridgehead atoms. The van der Waals surface area contributed by atoms with Gasteiger partial charge in [0, 0.05) is 37.3 Å². The van der Waals surface area contributed by atoms with Crippen molar-refractivity contribution < 1.29 is 8.42 Å². The van der Waals surface area contributed by atoms with Crippen LogP contribution in [-0.2, 0) is 10.2 Å². The second kappa shape index (κ2) is 6.99. The molecule has 4 rings (SSSR count). The molecule has 28 heavy (non-hydrogen) atoms. The van der Waals surface area contributed by atoms with Crippen molar-refractivity contribution >= 4 is 26.8 Å². The molecule has 2 fully saturated rings. The summed E-state index contributed by atoms with van der Waals surface area (Å²) >= 11 is 0. The lowest BCUT2D eigenvalue weighted by atomic mass is 9.93. The monoisotopic (exact) mass is 399 g/mol. The van der Waals surface area contributed by atoms with Gasteiger partial charge in [-0.3, -0.25) is 4.98 Å². The van der Waals surface area contributed by atoms with Gasteiger partial charge in [-0.15, -0.1) is 0 Å². The minimum atomic E-state index is -3.63. The van der Waals surface area contributed by atoms with Gasteiger partial charge in [0.15, 0.2) is 0 Å². The predicted octanol–water partition coefficient (Wildman–Crippen LogP) is 2.22. The van der Waals surface area contributed by atoms with Crippen LogP contribution in [0.2, 0.25) is 0 Å². The SMILES string of the molecule is Cc1cc2ncc(C#N)c(N3CC(CCN(C4CC4)S(N)(=O)=O)C3)c2cc1C. The summed E-state index contributed by atoms with van der Waals surface area (Å²) in [6.45, 7) is 6.22. The third-order valence-electron chi connectivity index (χ3n) is 5.89. The van der Waals surface area contributed by atoms with E-state index in [1.165, 1.54) is 15.4 Å². The standard InChI is InChI=1S/C20H25N5O2S/c1-13-7-18-19(8-14(13)2)23-10-16(9-21)20(18)24-11-15(12-24)5-6-25(17-3-4-17)28(22,26)27/h7-8,10,15,17H,3-6,11-12H2,1-2H3,(H2,22,26,27). The first kappa shape index (κ1) is 19.1. The van der Waals surface area contributed by atoms with Gasteiger partial charge in [0.1, 0.15) is 6.07 Å². The van der Waals surface area contributed by atoms with Crippen LogP contribution in [0.25, 0.3) is 10.9 Å². The van der Waals surface area contributed by atoms with Crippen LogP contribution >= 0.6 is 0 Å². The Morgan fingerprint density at radius 1 is 1.29 bits per heavy atom. The highest BCUT2D eigenvalue weighted by molar-refractivity contribution is 7.86. The molecule has 0 atom stereocenters. The number of nitrogens with two attached hydrogens (primary N) is 1. The number of nitrogens with zero attached hydrogens (tertiary/aromatic N) is 4. The Morgan fingerprint density at radius 3 is 2.57 bits per heavy atom. The second-order valence-corrected chi connectivity index (χ2v) is 9.53. The normalized spacial score (nSPS) is 17.8. The number of hydrogen-bond acceptors (Lipinski definition) is 5. The first-order valence-electron chi connectivity index (χ1n) is 9.62. The molecule has 0 radical (unpaired) electrons. The fourth-order valence-electron chi connectivity index (χ4n) is 3.99. The van der Waals surface area contributed by atoms with Crippen LogP contribution in [0.3, 0.4) is 0 Å². The summed E-state index contributed by atoms with van der Waals surface area (Å²) < 4.78 is 25.0. The Hall–Kier alpha value is -2.21. The summed E-state index contributed by atoms with van der Waals surface area (Å²) in [5.74, 6) is 0.393. The topological polar surface area (TPSA) is 103 Å². The zero-order valence-corrected chi connectivity index (χ0v) is 17.0. The van der Waals surface area contributed by atoms with Gasteiger partial charge in [0.05, 0.1) is 16.8 Å². The lowest BCUT2D eigenvalue weighted by molar-refractivity contribution is 0.320. The van der Waals surface area contributed by atoms with Crippen molar-refractivity contribution in [3.63, 3.8) is 0 Å². The molecule has 2 aromatic rings. The highest BCUT2D eigenvalue weighted by Gasteiger charge is 2.37. The molecule has 7 nitrogen and oxygen atoms in total. The zero-order valence-electron chi connectivity index (χ0n) is 16.2. The summed E-state index contributed by atoms with van der Waals surface area (Å²) in [6.07, 6.45) is 4.24. The molecule has 8 heteroatoms. The quantitative estimate of drug-likeness (QED) is 0.802. The van der Waals surface area contributed by atoms with E-state index in [4.69, 9.17) is 5.14 Å². The van der Waals surface area contributed by atoms with Crippen LogP contribution in [0.1, 0.15) is 36.0 Å². The Morgan fingerprint density at radius 2 is 1.96 bits per heavy atom. The van der Waals surface area contributed by atoms with Crippen LogP contribution in [0.5, 0.6) is 0 Å². The summed E-state index contributed by atoms with van der Waals surface area (Å²) in [6, 6.07) is 6.53. The Bertz CT molecular complexity index is 1070. The van der Waals surface area contributed by atoms with E-state index in [2.05, 4.69) is 41.9 Å². The summed E-state index contributed by atoms with van der Waals surface area (Å²) in [7, 11) is -3.63. The molecule has 2 heterocycles. The number of nitriles is 1. The molecular weight excluding hydrogens is 374 g/mol. The van der Waals surface area contributed by atoms with Crippen molar-refractivity contribution in [2.24, 2.45) is 11.1 Å². The van der Waals surface area contributed by atoms with E-state index < -0.39 is 10.2 Å². The van der Waals surface area contributed by atoms with Crippen molar-refractivity contribution in [3.05, 3.63) is 35.0 Å². The Labute approximate surface area is 165 Å². The molecule has 0 spiro atoms. The van der Waals surface area contributed by atoms with Crippen molar-refractivity contribution in [1.29, 1.82) is 5.26 Å². The molecule has 1 aliphatic heterocycles. The maximum absolute atomic E-state index is 11.8. The molecule has 1 saturated carbocycles. The molecule has 148 valence electrons. The lowest BCUT2D eigenvalue weighted by Gasteiger charge is -2.42. The van der Waals surface area contributed by atoms with Crippen molar-refractivity contribution in [3.8, 4) is 6.07 Å². The maximum Gasteiger partial charge on any atom is 0.277 e. The molecule has 1 aromatic carbocycles. The van der Waals surface area contributed by atoms with Crippen LogP contribution in [0.4, 0.5) is 5.69 Å². The summed E-state index contributed by atoms with van der Waals surface area (Å²) in [5, 5.41) is 15.9. The number of pyridine rings is 1. The lowest BCUT2D eigenvalue weighted by Crippen LogP contribution is -2.49. The van der Waals surface area contributed by atoms with E-state index in [0.29, 0.717) is 18.0 Å². The van der Waals surface area contributed by atoms with Gasteiger partial charge in [0.25, 0.3) is 10.2 Å². The largest absolute Gasteiger partial charge is 0.369 e. The number of fused-ring (bicyclic) bond motifs is 1. The second-order valence-electron chi connectivity index (χ2n) is 8.03. The minimum absolute atomic E-state index is 0.0896. The molecule has 1 aromatic heterocycles. The fraction of sp³-hybridized carbons (Fsp3) is 0.500. The molecular formula is C20H25N5O2S. The Balaban J connectivity index is 1.50. The maximum atomic E-state index is 11.8. The number of anilines is 1. The van der Waals surface area contributed by atoms with Crippen LogP contribution in [0.15, 0.2) is 18.3 Å². The third kappa shape index (κ3) is 3.58. The van der Waals surface area contributed by atoms with Crippen LogP contribution in [-0.4, -0.2) is 43.4 Å². The number of aryl methyl sites for hydroxylation is 2. The van der Waals surface area contributed by atoms with Gasteiger partial charge in [-0.25, -0.2) is 5.14 Å². The van der Waals surface area contributed by atoms with Gasteiger partial charge in [-0.1, -0.05) is 0 Å². The summed E-state index contributed by atoms with van der Waals surface area (Å²) in [4.78, 5) is 6.66. The first-order valence-corrected chi connectivity index (χ1v) is 11.1. The number of aromatic nitrogens is 1. The average molecular weight is 400 g/mol. The van der Waals surface area contributed by atoms with Gasteiger partial charge in [-0.05, 0) is 62.3 Å². The van der Waals surface area contributed by atoms with E-state index >= 15 is 0 Å². The first-order chi connectivity index (χ1) is 13.3. The zero-order chi connectivity index (χ0) is 20.1. The van der Waals surface area contributed by atoms with Crippen molar-refractivity contribution in [1.82, 2.24) is 9.29 Å². The van der Waals surface area contributed by atoms with Gasteiger partial charge in [-0.2, -0.15) is 18.0 Å². The number of rotatable bonds is 6. The molecule has 2 aliphatic rings. The predicted molar refractivity (Wildman–Crippen MR) is 109 cm³/mol. The van der Waals surface area contributed by atoms with E-state index in [1.807, 2.05) is 0 Å². The van der Waals surface area contributed by atoms with E-state index in [1.54, 1.807) is 6.20 Å². The molecule has 1 saturated heterocycles. The highest BCUT2D eigenvalue weighted by Crippen LogP contribution is 2.36. The summed E-state index contributed by atoms with van der Waals surface area (Å²) in [5.41, 5.74) is 4.78.